The van der Waals surface area contributed by atoms with Gasteiger partial charge in [-0.3, -0.25) is 0 Å². The zero-order chi connectivity index (χ0) is 23.2. The molecule has 3 rings (SSSR count). The van der Waals surface area contributed by atoms with E-state index >= 15 is 0 Å². The summed E-state index contributed by atoms with van der Waals surface area (Å²) in [5, 5.41) is 14.3. The summed E-state index contributed by atoms with van der Waals surface area (Å²) < 4.78 is 4.65. The van der Waals surface area contributed by atoms with Gasteiger partial charge in [0.1, 0.15) is 11.6 Å². The number of nitrogens with one attached hydrogen (secondary N) is 1. The number of carbonyl (C=O) groups is 2. The Morgan fingerprint density at radius 1 is 0.969 bits per heavy atom. The van der Waals surface area contributed by atoms with Crippen LogP contribution < -0.4 is 5.32 Å². The first-order valence-corrected chi connectivity index (χ1v) is 12.1. The van der Waals surface area contributed by atoms with Gasteiger partial charge in [-0.2, -0.15) is 0 Å². The Balaban J connectivity index is 1.99. The normalized spacial score (nSPS) is 12.7. The Bertz CT molecular complexity index is 976. The second-order valence-electron chi connectivity index (χ2n) is 8.24. The minimum absolute atomic E-state index is 0.149. The third-order valence-corrected chi connectivity index (χ3v) is 7.43. The first-order chi connectivity index (χ1) is 15.2. The molecule has 1 heterocycles. The van der Waals surface area contributed by atoms with E-state index in [2.05, 4.69) is 35.6 Å². The van der Waals surface area contributed by atoms with Gasteiger partial charge in [-0.1, -0.05) is 66.7 Å². The molecule has 1 atom stereocenters. The number of hydrogen-bond donors (Lipinski definition) is 2. The summed E-state index contributed by atoms with van der Waals surface area (Å²) in [4.78, 5) is 25.3. The van der Waals surface area contributed by atoms with E-state index in [0.29, 0.717) is 0 Å². The molecule has 3 aromatic rings. The van der Waals surface area contributed by atoms with E-state index in [1.54, 1.807) is 32.1 Å². The van der Waals surface area contributed by atoms with Crippen LogP contribution in [0.5, 0.6) is 0 Å². The van der Waals surface area contributed by atoms with Crippen molar-refractivity contribution in [1.29, 1.82) is 0 Å². The maximum atomic E-state index is 12.3. The molecule has 1 aromatic heterocycles. The molecule has 5 nitrogen and oxygen atoms in total. The molecule has 1 amide bonds. The van der Waals surface area contributed by atoms with E-state index in [1.165, 1.54) is 11.8 Å². The number of ether oxygens (including phenoxy) is 1. The van der Waals surface area contributed by atoms with Crippen molar-refractivity contribution >= 4 is 35.2 Å². The highest BCUT2D eigenvalue weighted by atomic mass is 32.2. The minimum Gasteiger partial charge on any atom is -0.480 e. The molecule has 7 heteroatoms. The highest BCUT2D eigenvalue weighted by molar-refractivity contribution is 8.00. The van der Waals surface area contributed by atoms with E-state index in [0.717, 1.165) is 16.0 Å². The summed E-state index contributed by atoms with van der Waals surface area (Å²) in [5.41, 5.74) is 1.37. The second-order valence-corrected chi connectivity index (χ2v) is 10.4. The Kier molecular flexibility index (Phi) is 7.64. The number of benzene rings is 2. The van der Waals surface area contributed by atoms with Crippen molar-refractivity contribution in [1.82, 2.24) is 5.32 Å². The van der Waals surface area contributed by atoms with Crippen molar-refractivity contribution in [3.05, 3.63) is 94.2 Å². The predicted octanol–water partition coefficient (Wildman–Crippen LogP) is 5.75. The number of carbonyl (C=O) groups excluding carboxylic acids is 1. The highest BCUT2D eigenvalue weighted by Crippen LogP contribution is 2.50. The number of rotatable bonds is 8. The number of carboxylic acids is 1. The zero-order valence-corrected chi connectivity index (χ0v) is 19.9. The first kappa shape index (κ1) is 23.9. The van der Waals surface area contributed by atoms with Crippen molar-refractivity contribution in [2.24, 2.45) is 0 Å². The van der Waals surface area contributed by atoms with Gasteiger partial charge in [-0.05, 0) is 43.3 Å². The van der Waals surface area contributed by atoms with Gasteiger partial charge >= 0.3 is 12.1 Å². The summed E-state index contributed by atoms with van der Waals surface area (Å²) in [7, 11) is 0. The van der Waals surface area contributed by atoms with Crippen LogP contribution in [0, 0.1) is 0 Å². The Hall–Kier alpha value is -2.77. The van der Waals surface area contributed by atoms with Gasteiger partial charge in [-0.25, -0.2) is 9.59 Å². The maximum absolute atomic E-state index is 12.3. The number of alkyl carbamates (subject to hydrolysis) is 1. The smallest absolute Gasteiger partial charge is 0.408 e. The van der Waals surface area contributed by atoms with Crippen LogP contribution in [0.1, 0.15) is 36.8 Å². The maximum Gasteiger partial charge on any atom is 0.408 e. The topological polar surface area (TPSA) is 75.6 Å². The fraction of sp³-hybridized carbons (Fsp3) is 0.280. The molecule has 0 aliphatic rings. The molecule has 0 radical (unpaired) electrons. The molecule has 0 aliphatic heterocycles. The number of amides is 1. The lowest BCUT2D eigenvalue weighted by atomic mass is 9.89. The van der Waals surface area contributed by atoms with Crippen molar-refractivity contribution in [3.63, 3.8) is 0 Å². The van der Waals surface area contributed by atoms with Gasteiger partial charge in [0, 0.05) is 10.6 Å². The van der Waals surface area contributed by atoms with Crippen molar-refractivity contribution in [2.75, 3.05) is 5.75 Å². The number of thiophene rings is 1. The van der Waals surface area contributed by atoms with Crippen LogP contribution in [-0.4, -0.2) is 34.6 Å². The van der Waals surface area contributed by atoms with E-state index in [1.807, 2.05) is 47.8 Å². The standard InChI is InChI=1S/C25H27NO4S2/c1-24(2,3)30-23(29)26-20(22(27)28)17-32-25(21-15-10-16-31-21,18-11-6-4-7-12-18)19-13-8-5-9-14-19/h4-16,20H,17H2,1-3H3,(H,26,29)(H,27,28)/t20-/m1/s1. The van der Waals surface area contributed by atoms with E-state index in [-0.39, 0.29) is 5.75 Å². The molecule has 0 unspecified atom stereocenters. The van der Waals surface area contributed by atoms with E-state index < -0.39 is 28.5 Å². The van der Waals surface area contributed by atoms with Crippen LogP contribution in [-0.2, 0) is 14.3 Å². The summed E-state index contributed by atoms with van der Waals surface area (Å²) >= 11 is 3.11. The fourth-order valence-electron chi connectivity index (χ4n) is 3.35. The molecule has 0 spiro atoms. The molecule has 0 bridgehead atoms. The molecule has 0 aliphatic carbocycles. The number of aliphatic carboxylic acids is 1. The molecule has 0 saturated heterocycles. The van der Waals surface area contributed by atoms with Crippen molar-refractivity contribution in [3.8, 4) is 0 Å². The van der Waals surface area contributed by atoms with Gasteiger partial charge in [-0.15, -0.1) is 23.1 Å². The van der Waals surface area contributed by atoms with Gasteiger partial charge in [0.2, 0.25) is 0 Å². The van der Waals surface area contributed by atoms with Crippen LogP contribution in [0.25, 0.3) is 0 Å². The number of thioether (sulfide) groups is 1. The lowest BCUT2D eigenvalue weighted by Gasteiger charge is -2.35. The Morgan fingerprint density at radius 2 is 1.53 bits per heavy atom. The molecule has 0 fully saturated rings. The third kappa shape index (κ3) is 5.72. The van der Waals surface area contributed by atoms with Gasteiger partial charge < -0.3 is 15.2 Å². The zero-order valence-electron chi connectivity index (χ0n) is 18.3. The lowest BCUT2D eigenvalue weighted by Crippen LogP contribution is -2.45. The molecule has 32 heavy (non-hydrogen) atoms. The molecular weight excluding hydrogens is 442 g/mol. The molecule has 168 valence electrons. The Labute approximate surface area is 196 Å². The molecule has 2 aromatic carbocycles. The highest BCUT2D eigenvalue weighted by Gasteiger charge is 2.39. The predicted molar refractivity (Wildman–Crippen MR) is 130 cm³/mol. The van der Waals surface area contributed by atoms with Crippen LogP contribution in [0.4, 0.5) is 4.79 Å². The van der Waals surface area contributed by atoms with Crippen LogP contribution in [0.2, 0.25) is 0 Å². The van der Waals surface area contributed by atoms with Crippen LogP contribution in [0.15, 0.2) is 78.2 Å². The van der Waals surface area contributed by atoms with E-state index in [4.69, 9.17) is 4.74 Å². The van der Waals surface area contributed by atoms with Crippen molar-refractivity contribution in [2.45, 2.75) is 37.2 Å². The Morgan fingerprint density at radius 3 is 1.97 bits per heavy atom. The molecular formula is C25H27NO4S2. The average Bonchev–Trinajstić information content (AvgIpc) is 3.29. The SMILES string of the molecule is CC(C)(C)OC(=O)N[C@H](CSC(c1ccccc1)(c1ccccc1)c1cccs1)C(=O)O. The van der Waals surface area contributed by atoms with Crippen molar-refractivity contribution < 1.29 is 19.4 Å². The van der Waals surface area contributed by atoms with Gasteiger partial charge in [0.15, 0.2) is 0 Å². The first-order valence-electron chi connectivity index (χ1n) is 10.2. The summed E-state index contributed by atoms with van der Waals surface area (Å²) in [6, 6.07) is 23.0. The largest absolute Gasteiger partial charge is 0.480 e. The van der Waals surface area contributed by atoms with Crippen LogP contribution >= 0.6 is 23.1 Å². The quantitative estimate of drug-likeness (QED) is 0.439. The minimum atomic E-state index is -1.11. The van der Waals surface area contributed by atoms with E-state index in [9.17, 15) is 14.7 Å². The summed E-state index contributed by atoms with van der Waals surface area (Å²) in [6.45, 7) is 5.22. The van der Waals surface area contributed by atoms with Crippen LogP contribution in [0.3, 0.4) is 0 Å². The summed E-state index contributed by atoms with van der Waals surface area (Å²) in [5.74, 6) is -0.958. The van der Waals surface area contributed by atoms with Gasteiger partial charge in [0.05, 0.1) is 4.75 Å². The number of carboxylic acid groups (broad SMARTS) is 1. The lowest BCUT2D eigenvalue weighted by molar-refractivity contribution is -0.138. The average molecular weight is 470 g/mol. The fourth-order valence-corrected chi connectivity index (χ4v) is 5.99. The number of hydrogen-bond acceptors (Lipinski definition) is 5. The third-order valence-electron chi connectivity index (χ3n) is 4.68. The summed E-state index contributed by atoms with van der Waals surface area (Å²) in [6.07, 6.45) is -0.744. The second kappa shape index (κ2) is 10.2. The molecule has 0 saturated carbocycles. The molecule has 2 N–H and O–H groups in total. The van der Waals surface area contributed by atoms with Gasteiger partial charge in [0.25, 0.3) is 0 Å². The monoisotopic (exact) mass is 469 g/mol.